The first-order valence-electron chi connectivity index (χ1n) is 5.87. The van der Waals surface area contributed by atoms with Crippen LogP contribution in [0.4, 0.5) is 4.39 Å². The topological polar surface area (TPSA) is 72.2 Å². The Kier molecular flexibility index (Phi) is 4.95. The molecular weight excluding hydrogens is 291 g/mol. The highest BCUT2D eigenvalue weighted by molar-refractivity contribution is 7.89. The van der Waals surface area contributed by atoms with E-state index >= 15 is 0 Å². The van der Waals surface area contributed by atoms with E-state index in [1.807, 2.05) is 0 Å². The lowest BCUT2D eigenvalue weighted by Crippen LogP contribution is -2.54. The van der Waals surface area contributed by atoms with Crippen LogP contribution in [-0.4, -0.2) is 20.5 Å². The van der Waals surface area contributed by atoms with Crippen molar-refractivity contribution in [1.82, 2.24) is 4.72 Å². The molecular formula is C12H18ClFN2O2S. The molecule has 0 bridgehead atoms. The fraction of sp³-hybridized carbons (Fsp3) is 0.500. The van der Waals surface area contributed by atoms with Crippen molar-refractivity contribution in [2.24, 2.45) is 5.73 Å². The van der Waals surface area contributed by atoms with Crippen LogP contribution < -0.4 is 10.5 Å². The molecule has 7 heteroatoms. The van der Waals surface area contributed by atoms with Gasteiger partial charge in [0.2, 0.25) is 10.0 Å². The molecule has 0 saturated heterocycles. The van der Waals surface area contributed by atoms with Crippen LogP contribution in [0.5, 0.6) is 0 Å². The lowest BCUT2D eigenvalue weighted by Gasteiger charge is -2.38. The van der Waals surface area contributed by atoms with Gasteiger partial charge >= 0.3 is 0 Å². The van der Waals surface area contributed by atoms with Gasteiger partial charge in [0.25, 0.3) is 0 Å². The molecule has 0 heterocycles. The number of rotatable bonds is 4. The largest absolute Gasteiger partial charge is 0.324 e. The number of hydrogen-bond acceptors (Lipinski definition) is 3. The van der Waals surface area contributed by atoms with Crippen LogP contribution in [0, 0.1) is 12.7 Å². The van der Waals surface area contributed by atoms with E-state index in [0.29, 0.717) is 5.56 Å². The smallest absolute Gasteiger partial charge is 0.240 e. The van der Waals surface area contributed by atoms with Crippen LogP contribution in [-0.2, 0) is 10.0 Å². The summed E-state index contributed by atoms with van der Waals surface area (Å²) in [6.45, 7) is 1.80. The summed E-state index contributed by atoms with van der Waals surface area (Å²) in [4.78, 5) is 0.104. The van der Waals surface area contributed by atoms with Gasteiger partial charge in [0.1, 0.15) is 5.82 Å². The maximum atomic E-state index is 12.9. The minimum absolute atomic E-state index is 0. The van der Waals surface area contributed by atoms with Gasteiger partial charge in [0.15, 0.2) is 0 Å². The van der Waals surface area contributed by atoms with E-state index in [1.165, 1.54) is 12.1 Å². The zero-order chi connectivity index (χ0) is 13.4. The third-order valence-corrected chi connectivity index (χ3v) is 4.95. The summed E-state index contributed by atoms with van der Waals surface area (Å²) in [5.41, 5.74) is 5.94. The Morgan fingerprint density at radius 1 is 1.42 bits per heavy atom. The van der Waals surface area contributed by atoms with Crippen molar-refractivity contribution in [1.29, 1.82) is 0 Å². The molecule has 0 unspecified atom stereocenters. The van der Waals surface area contributed by atoms with E-state index in [-0.39, 0.29) is 23.8 Å². The summed E-state index contributed by atoms with van der Waals surface area (Å²) in [6.07, 6.45) is 2.70. The standard InChI is InChI=1S/C12H17FN2O2S.ClH/c1-9-7-10(13)3-4-11(9)18(16,17)15-8-12(14)5-2-6-12;/h3-4,7,15H,2,5-6,8,14H2,1H3;1H. The van der Waals surface area contributed by atoms with Gasteiger partial charge in [-0.25, -0.2) is 17.5 Å². The van der Waals surface area contributed by atoms with Crippen LogP contribution in [0.3, 0.4) is 0 Å². The SMILES string of the molecule is Cc1cc(F)ccc1S(=O)(=O)NCC1(N)CCC1.Cl. The zero-order valence-electron chi connectivity index (χ0n) is 10.6. The maximum absolute atomic E-state index is 12.9. The van der Waals surface area contributed by atoms with Crippen molar-refractivity contribution in [3.05, 3.63) is 29.6 Å². The summed E-state index contributed by atoms with van der Waals surface area (Å²) in [5, 5.41) is 0. The molecule has 19 heavy (non-hydrogen) atoms. The molecule has 1 aliphatic rings. The molecule has 0 spiro atoms. The van der Waals surface area contributed by atoms with Gasteiger partial charge in [-0.05, 0) is 49.9 Å². The third kappa shape index (κ3) is 3.66. The van der Waals surface area contributed by atoms with Crippen LogP contribution in [0.25, 0.3) is 0 Å². The average Bonchev–Trinajstić information content (AvgIpc) is 2.23. The first-order valence-corrected chi connectivity index (χ1v) is 7.35. The Labute approximate surface area is 119 Å². The van der Waals surface area contributed by atoms with E-state index in [2.05, 4.69) is 4.72 Å². The van der Waals surface area contributed by atoms with E-state index < -0.39 is 21.4 Å². The van der Waals surface area contributed by atoms with Crippen molar-refractivity contribution in [2.45, 2.75) is 36.6 Å². The van der Waals surface area contributed by atoms with E-state index in [0.717, 1.165) is 25.3 Å². The fourth-order valence-corrected chi connectivity index (χ4v) is 3.40. The molecule has 0 amide bonds. The zero-order valence-corrected chi connectivity index (χ0v) is 12.3. The molecule has 3 N–H and O–H groups in total. The highest BCUT2D eigenvalue weighted by Gasteiger charge is 2.33. The Hall–Kier alpha value is -0.690. The molecule has 1 aromatic rings. The minimum atomic E-state index is -3.61. The van der Waals surface area contributed by atoms with Crippen LogP contribution in [0.2, 0.25) is 0 Å². The second-order valence-electron chi connectivity index (χ2n) is 4.95. The number of aryl methyl sites for hydroxylation is 1. The predicted molar refractivity (Wildman–Crippen MR) is 74.3 cm³/mol. The molecule has 4 nitrogen and oxygen atoms in total. The maximum Gasteiger partial charge on any atom is 0.240 e. The van der Waals surface area contributed by atoms with Gasteiger partial charge in [-0.3, -0.25) is 0 Å². The number of hydrogen-bond donors (Lipinski definition) is 2. The normalized spacial score (nSPS) is 17.4. The predicted octanol–water partition coefficient (Wildman–Crippen LogP) is 1.72. The van der Waals surface area contributed by atoms with Gasteiger partial charge in [-0.2, -0.15) is 0 Å². The Morgan fingerprint density at radius 2 is 2.05 bits per heavy atom. The molecule has 1 saturated carbocycles. The number of benzene rings is 1. The number of nitrogens with one attached hydrogen (secondary N) is 1. The second kappa shape index (κ2) is 5.75. The molecule has 0 aliphatic heterocycles. The van der Waals surface area contributed by atoms with E-state index in [9.17, 15) is 12.8 Å². The van der Waals surface area contributed by atoms with Gasteiger partial charge in [-0.1, -0.05) is 0 Å². The minimum Gasteiger partial charge on any atom is -0.324 e. The lowest BCUT2D eigenvalue weighted by molar-refractivity contribution is 0.251. The van der Waals surface area contributed by atoms with Crippen molar-refractivity contribution >= 4 is 22.4 Å². The third-order valence-electron chi connectivity index (χ3n) is 3.39. The number of nitrogens with two attached hydrogens (primary N) is 1. The number of sulfonamides is 1. The molecule has 1 aliphatic carbocycles. The summed E-state index contributed by atoms with van der Waals surface area (Å²) >= 11 is 0. The van der Waals surface area contributed by atoms with Crippen LogP contribution in [0.15, 0.2) is 23.1 Å². The summed E-state index contributed by atoms with van der Waals surface area (Å²) in [5.74, 6) is -0.444. The van der Waals surface area contributed by atoms with Crippen LogP contribution >= 0.6 is 12.4 Å². The van der Waals surface area contributed by atoms with Gasteiger partial charge < -0.3 is 5.73 Å². The molecule has 1 fully saturated rings. The summed E-state index contributed by atoms with van der Waals surface area (Å²) in [6, 6.07) is 3.62. The molecule has 2 rings (SSSR count). The summed E-state index contributed by atoms with van der Waals surface area (Å²) in [7, 11) is -3.61. The summed E-state index contributed by atoms with van der Waals surface area (Å²) < 4.78 is 39.6. The van der Waals surface area contributed by atoms with Gasteiger partial charge in [-0.15, -0.1) is 12.4 Å². The molecule has 108 valence electrons. The van der Waals surface area contributed by atoms with Crippen molar-refractivity contribution in [2.75, 3.05) is 6.54 Å². The Bertz CT molecular complexity index is 559. The molecule has 0 atom stereocenters. The monoisotopic (exact) mass is 308 g/mol. The van der Waals surface area contributed by atoms with Crippen LogP contribution in [0.1, 0.15) is 24.8 Å². The quantitative estimate of drug-likeness (QED) is 0.889. The highest BCUT2D eigenvalue weighted by Crippen LogP contribution is 2.28. The molecule has 0 aromatic heterocycles. The van der Waals surface area contributed by atoms with Crippen molar-refractivity contribution < 1.29 is 12.8 Å². The van der Waals surface area contributed by atoms with Crippen molar-refractivity contribution in [3.63, 3.8) is 0 Å². The van der Waals surface area contributed by atoms with Crippen molar-refractivity contribution in [3.8, 4) is 0 Å². The molecule has 0 radical (unpaired) electrons. The van der Waals surface area contributed by atoms with Gasteiger partial charge in [0, 0.05) is 12.1 Å². The van der Waals surface area contributed by atoms with E-state index in [4.69, 9.17) is 5.73 Å². The Balaban J connectivity index is 0.00000180. The number of halogens is 2. The lowest BCUT2D eigenvalue weighted by atomic mass is 9.78. The highest BCUT2D eigenvalue weighted by atomic mass is 35.5. The first kappa shape index (κ1) is 16.4. The van der Waals surface area contributed by atoms with Gasteiger partial charge in [0.05, 0.1) is 4.90 Å². The Morgan fingerprint density at radius 3 is 2.53 bits per heavy atom. The molecule has 1 aromatic carbocycles. The second-order valence-corrected chi connectivity index (χ2v) is 6.69. The fourth-order valence-electron chi connectivity index (χ4n) is 2.04. The first-order chi connectivity index (χ1) is 8.32. The average molecular weight is 309 g/mol. The van der Waals surface area contributed by atoms with E-state index in [1.54, 1.807) is 6.92 Å².